The molecule has 0 aliphatic carbocycles. The Morgan fingerprint density at radius 3 is 2.63 bits per heavy atom. The summed E-state index contributed by atoms with van der Waals surface area (Å²) in [5.41, 5.74) is 0.738. The molecular weight excluding hydrogens is 260 g/mol. The van der Waals surface area contributed by atoms with Crippen molar-refractivity contribution >= 4 is 5.97 Å². The highest BCUT2D eigenvalue weighted by Crippen LogP contribution is 2.29. The van der Waals surface area contributed by atoms with Crippen LogP contribution in [-0.2, 0) is 11.3 Å². The maximum Gasteiger partial charge on any atom is 0.387 e. The molecule has 0 bridgehead atoms. The largest absolute Gasteiger partial charge is 0.493 e. The summed E-state index contributed by atoms with van der Waals surface area (Å²) in [5.74, 6) is -0.809. The Labute approximate surface area is 109 Å². The molecule has 0 radical (unpaired) electrons. The molecule has 19 heavy (non-hydrogen) atoms. The van der Waals surface area contributed by atoms with Crippen LogP contribution < -0.4 is 9.47 Å². The minimum Gasteiger partial charge on any atom is -0.493 e. The fourth-order valence-electron chi connectivity index (χ4n) is 1.60. The highest BCUT2D eigenvalue weighted by atomic mass is 19.3. The third-order valence-corrected chi connectivity index (χ3v) is 2.30. The number of hydrogen-bond acceptors (Lipinski definition) is 4. The first-order chi connectivity index (χ1) is 8.92. The van der Waals surface area contributed by atoms with Crippen LogP contribution >= 0.6 is 0 Å². The molecule has 0 aliphatic rings. The van der Waals surface area contributed by atoms with Crippen LogP contribution in [0.25, 0.3) is 0 Å². The molecule has 1 aromatic rings. The zero-order valence-corrected chi connectivity index (χ0v) is 10.6. The van der Waals surface area contributed by atoms with E-state index in [0.717, 1.165) is 5.56 Å². The van der Waals surface area contributed by atoms with Crippen LogP contribution in [0.4, 0.5) is 8.78 Å². The van der Waals surface area contributed by atoms with Crippen LogP contribution in [-0.4, -0.2) is 43.3 Å². The SMILES string of the molecule is COc1cc(CN(C)CC(=O)O)ccc1OC(F)F. The zero-order valence-electron chi connectivity index (χ0n) is 10.6. The van der Waals surface area contributed by atoms with E-state index in [1.54, 1.807) is 18.0 Å². The molecule has 5 nitrogen and oxygen atoms in total. The van der Waals surface area contributed by atoms with Crippen LogP contribution in [0, 0.1) is 0 Å². The van der Waals surface area contributed by atoms with Crippen molar-refractivity contribution in [3.63, 3.8) is 0 Å². The minimum absolute atomic E-state index is 0.0536. The normalized spacial score (nSPS) is 10.8. The van der Waals surface area contributed by atoms with Crippen LogP contribution in [0.5, 0.6) is 11.5 Å². The van der Waals surface area contributed by atoms with E-state index < -0.39 is 12.6 Å². The van der Waals surface area contributed by atoms with Crippen molar-refractivity contribution in [3.05, 3.63) is 23.8 Å². The fraction of sp³-hybridized carbons (Fsp3) is 0.417. The predicted octanol–water partition coefficient (Wildman–Crippen LogP) is 1.81. The topological polar surface area (TPSA) is 59.0 Å². The summed E-state index contributed by atoms with van der Waals surface area (Å²) in [6.45, 7) is -2.68. The number of ether oxygens (including phenoxy) is 2. The summed E-state index contributed by atoms with van der Waals surface area (Å²) >= 11 is 0. The summed E-state index contributed by atoms with van der Waals surface area (Å²) < 4.78 is 33.5. The third kappa shape index (κ3) is 5.09. The molecule has 0 aromatic heterocycles. The monoisotopic (exact) mass is 275 g/mol. The second-order valence-corrected chi connectivity index (χ2v) is 3.93. The van der Waals surface area contributed by atoms with Gasteiger partial charge in [0.1, 0.15) is 0 Å². The van der Waals surface area contributed by atoms with Gasteiger partial charge in [0.2, 0.25) is 0 Å². The molecule has 0 atom stereocenters. The van der Waals surface area contributed by atoms with Gasteiger partial charge in [-0.1, -0.05) is 6.07 Å². The molecule has 1 rings (SSSR count). The van der Waals surface area contributed by atoms with Gasteiger partial charge in [-0.2, -0.15) is 8.78 Å². The smallest absolute Gasteiger partial charge is 0.387 e. The lowest BCUT2D eigenvalue weighted by Gasteiger charge is -2.16. The predicted molar refractivity (Wildman–Crippen MR) is 63.6 cm³/mol. The first-order valence-electron chi connectivity index (χ1n) is 5.44. The van der Waals surface area contributed by atoms with Gasteiger partial charge in [-0.05, 0) is 24.7 Å². The van der Waals surface area contributed by atoms with Crippen LogP contribution in [0.1, 0.15) is 5.56 Å². The summed E-state index contributed by atoms with van der Waals surface area (Å²) in [5, 5.41) is 8.64. The number of benzene rings is 1. The molecule has 7 heteroatoms. The van der Waals surface area contributed by atoms with E-state index >= 15 is 0 Å². The van der Waals surface area contributed by atoms with Gasteiger partial charge < -0.3 is 14.6 Å². The number of carboxylic acid groups (broad SMARTS) is 1. The molecule has 0 unspecified atom stereocenters. The Hall–Kier alpha value is -1.89. The van der Waals surface area contributed by atoms with E-state index in [1.165, 1.54) is 19.2 Å². The summed E-state index contributed by atoms with van der Waals surface area (Å²) in [6.07, 6.45) is 0. The standard InChI is InChI=1S/C12H15F2NO4/c1-15(7-11(16)17)6-8-3-4-9(19-12(13)14)10(5-8)18-2/h3-5,12H,6-7H2,1-2H3,(H,16,17). The Balaban J connectivity index is 2.78. The fourth-order valence-corrected chi connectivity index (χ4v) is 1.60. The number of aliphatic carboxylic acids is 1. The summed E-state index contributed by atoms with van der Waals surface area (Å²) in [7, 11) is 2.99. The molecule has 0 heterocycles. The van der Waals surface area contributed by atoms with Gasteiger partial charge in [0.15, 0.2) is 11.5 Å². The Bertz CT molecular complexity index is 440. The van der Waals surface area contributed by atoms with Crippen molar-refractivity contribution in [1.29, 1.82) is 0 Å². The maximum absolute atomic E-state index is 12.1. The van der Waals surface area contributed by atoms with Crippen molar-refractivity contribution in [2.24, 2.45) is 0 Å². The Kier molecular flexibility index (Phi) is 5.50. The molecule has 0 fully saturated rings. The molecule has 0 saturated carbocycles. The average Bonchev–Trinajstić information content (AvgIpc) is 2.29. The quantitative estimate of drug-likeness (QED) is 0.822. The molecule has 0 spiro atoms. The van der Waals surface area contributed by atoms with E-state index in [1.807, 2.05) is 0 Å². The van der Waals surface area contributed by atoms with Crippen molar-refractivity contribution in [1.82, 2.24) is 4.90 Å². The van der Waals surface area contributed by atoms with Crippen LogP contribution in [0.15, 0.2) is 18.2 Å². The van der Waals surface area contributed by atoms with Crippen LogP contribution in [0.3, 0.4) is 0 Å². The van der Waals surface area contributed by atoms with E-state index in [2.05, 4.69) is 4.74 Å². The Morgan fingerprint density at radius 2 is 2.11 bits per heavy atom. The van der Waals surface area contributed by atoms with Crippen molar-refractivity contribution < 1.29 is 28.2 Å². The van der Waals surface area contributed by atoms with Gasteiger partial charge in [-0.15, -0.1) is 0 Å². The number of nitrogens with zero attached hydrogens (tertiary/aromatic N) is 1. The number of halogens is 2. The van der Waals surface area contributed by atoms with E-state index in [-0.39, 0.29) is 18.0 Å². The van der Waals surface area contributed by atoms with Gasteiger partial charge in [0.05, 0.1) is 13.7 Å². The number of likely N-dealkylation sites (N-methyl/N-ethyl adjacent to an activating group) is 1. The lowest BCUT2D eigenvalue weighted by atomic mass is 10.2. The second kappa shape index (κ2) is 6.89. The molecule has 0 aliphatic heterocycles. The van der Waals surface area contributed by atoms with Gasteiger partial charge >= 0.3 is 12.6 Å². The van der Waals surface area contributed by atoms with Gasteiger partial charge in [-0.3, -0.25) is 9.69 Å². The Morgan fingerprint density at radius 1 is 1.42 bits per heavy atom. The van der Waals surface area contributed by atoms with Crippen molar-refractivity contribution in [2.45, 2.75) is 13.2 Å². The molecule has 1 N–H and O–H groups in total. The zero-order chi connectivity index (χ0) is 14.4. The molecule has 106 valence electrons. The highest BCUT2D eigenvalue weighted by molar-refractivity contribution is 5.69. The van der Waals surface area contributed by atoms with Crippen LogP contribution in [0.2, 0.25) is 0 Å². The summed E-state index contributed by atoms with van der Waals surface area (Å²) in [6, 6.07) is 4.49. The minimum atomic E-state index is -2.92. The van der Waals surface area contributed by atoms with E-state index in [0.29, 0.717) is 6.54 Å². The molecule has 0 saturated heterocycles. The van der Waals surface area contributed by atoms with Gasteiger partial charge in [0.25, 0.3) is 0 Å². The maximum atomic E-state index is 12.1. The number of rotatable bonds is 7. The van der Waals surface area contributed by atoms with Gasteiger partial charge in [-0.25, -0.2) is 0 Å². The van der Waals surface area contributed by atoms with Gasteiger partial charge in [0, 0.05) is 6.54 Å². The third-order valence-electron chi connectivity index (χ3n) is 2.30. The first kappa shape index (κ1) is 15.2. The number of carbonyl (C=O) groups is 1. The average molecular weight is 275 g/mol. The lowest BCUT2D eigenvalue weighted by Crippen LogP contribution is -2.25. The number of methoxy groups -OCH3 is 1. The summed E-state index contributed by atoms with van der Waals surface area (Å²) in [4.78, 5) is 12.1. The number of hydrogen-bond donors (Lipinski definition) is 1. The van der Waals surface area contributed by atoms with E-state index in [4.69, 9.17) is 9.84 Å². The van der Waals surface area contributed by atoms with Crippen molar-refractivity contribution in [2.75, 3.05) is 20.7 Å². The molecule has 0 amide bonds. The lowest BCUT2D eigenvalue weighted by molar-refractivity contribution is -0.138. The van der Waals surface area contributed by atoms with Crippen molar-refractivity contribution in [3.8, 4) is 11.5 Å². The molecule has 1 aromatic carbocycles. The second-order valence-electron chi connectivity index (χ2n) is 3.93. The molecular formula is C12H15F2NO4. The number of carboxylic acids is 1. The highest BCUT2D eigenvalue weighted by Gasteiger charge is 2.12. The van der Waals surface area contributed by atoms with E-state index in [9.17, 15) is 13.6 Å². The number of alkyl halides is 2. The first-order valence-corrected chi connectivity index (χ1v) is 5.44.